The van der Waals surface area contributed by atoms with Gasteiger partial charge in [-0.25, -0.2) is 0 Å². The third-order valence-electron chi connectivity index (χ3n) is 3.15. The molecule has 3 heteroatoms. The van der Waals surface area contributed by atoms with E-state index in [1.165, 1.54) is 19.5 Å². The van der Waals surface area contributed by atoms with E-state index in [1.54, 1.807) is 0 Å². The molecule has 0 bridgehead atoms. The number of carbonyl (C=O) groups is 1. The first-order valence-electron chi connectivity index (χ1n) is 6.29. The van der Waals surface area contributed by atoms with Crippen molar-refractivity contribution in [3.8, 4) is 0 Å². The van der Waals surface area contributed by atoms with Crippen LogP contribution in [0.3, 0.4) is 0 Å². The van der Waals surface area contributed by atoms with Crippen LogP contribution in [0.25, 0.3) is 19.3 Å². The van der Waals surface area contributed by atoms with Crippen molar-refractivity contribution in [3.63, 3.8) is 0 Å². The van der Waals surface area contributed by atoms with E-state index in [0.717, 1.165) is 5.39 Å². The Kier molecular flexibility index (Phi) is 3.17. The molecule has 2 nitrogen and oxygen atoms in total. The molecule has 0 saturated heterocycles. The molecular weight excluding hydrogens is 303 g/mol. The van der Waals surface area contributed by atoms with E-state index in [9.17, 15) is 4.79 Å². The summed E-state index contributed by atoms with van der Waals surface area (Å²) in [5.41, 5.74) is 1.92. The van der Waals surface area contributed by atoms with Crippen LogP contribution in [0.5, 0.6) is 0 Å². The van der Waals surface area contributed by atoms with Crippen molar-refractivity contribution in [1.29, 1.82) is 0 Å². The standard InChI is InChI=1S/C16H14O2Se/c1-3-18-16(17)11-5-4-6-14-15(11)12-9-10(2)7-8-13(12)19-14/h4-9H,3H2,1-2H3. The molecule has 96 valence electrons. The Bertz CT molecular complexity index is 771. The molecule has 0 radical (unpaired) electrons. The van der Waals surface area contributed by atoms with Gasteiger partial charge in [-0.2, -0.15) is 0 Å². The van der Waals surface area contributed by atoms with Crippen LogP contribution in [0.1, 0.15) is 22.8 Å². The minimum atomic E-state index is -0.218. The number of hydrogen-bond acceptors (Lipinski definition) is 2. The van der Waals surface area contributed by atoms with Crippen molar-refractivity contribution in [2.24, 2.45) is 0 Å². The molecule has 3 aromatic rings. The Balaban J connectivity index is 2.36. The summed E-state index contributed by atoms with van der Waals surface area (Å²) in [6.07, 6.45) is 0. The topological polar surface area (TPSA) is 26.3 Å². The molecule has 0 unspecified atom stereocenters. The van der Waals surface area contributed by atoms with E-state index >= 15 is 0 Å². The molecule has 0 aliphatic rings. The summed E-state index contributed by atoms with van der Waals surface area (Å²) in [4.78, 5) is 12.1. The predicted molar refractivity (Wildman–Crippen MR) is 79.1 cm³/mol. The first kappa shape index (κ1) is 12.5. The summed E-state index contributed by atoms with van der Waals surface area (Å²) in [6, 6.07) is 12.4. The van der Waals surface area contributed by atoms with Crippen LogP contribution >= 0.6 is 0 Å². The molecule has 1 heterocycles. The maximum atomic E-state index is 12.1. The zero-order valence-corrected chi connectivity index (χ0v) is 12.6. The van der Waals surface area contributed by atoms with Crippen LogP contribution in [-0.4, -0.2) is 27.1 Å². The average molecular weight is 317 g/mol. The number of carbonyl (C=O) groups excluding carboxylic acids is 1. The fourth-order valence-electron chi connectivity index (χ4n) is 2.32. The number of ether oxygens (including phenoxy) is 1. The van der Waals surface area contributed by atoms with E-state index in [1.807, 2.05) is 19.1 Å². The molecule has 0 atom stereocenters. The summed E-state index contributed by atoms with van der Waals surface area (Å²) in [6.45, 7) is 4.33. The Morgan fingerprint density at radius 1 is 1.21 bits per heavy atom. The van der Waals surface area contributed by atoms with Crippen LogP contribution in [0, 0.1) is 6.92 Å². The fraction of sp³-hybridized carbons (Fsp3) is 0.188. The minimum absolute atomic E-state index is 0.218. The van der Waals surface area contributed by atoms with Crippen molar-refractivity contribution in [3.05, 3.63) is 47.5 Å². The molecule has 0 amide bonds. The number of rotatable bonds is 2. The van der Waals surface area contributed by atoms with Crippen LogP contribution < -0.4 is 0 Å². The van der Waals surface area contributed by atoms with Gasteiger partial charge >= 0.3 is 117 Å². The summed E-state index contributed by atoms with van der Waals surface area (Å²) >= 11 is 0.293. The number of benzene rings is 2. The van der Waals surface area contributed by atoms with Crippen molar-refractivity contribution >= 4 is 39.8 Å². The van der Waals surface area contributed by atoms with E-state index in [-0.39, 0.29) is 5.97 Å². The molecule has 19 heavy (non-hydrogen) atoms. The van der Waals surface area contributed by atoms with Crippen LogP contribution in [-0.2, 0) is 4.74 Å². The van der Waals surface area contributed by atoms with Gasteiger partial charge in [0.2, 0.25) is 0 Å². The summed E-state index contributed by atoms with van der Waals surface area (Å²) in [5.74, 6) is -0.218. The third kappa shape index (κ3) is 2.09. The van der Waals surface area contributed by atoms with E-state index in [4.69, 9.17) is 4.74 Å². The number of fused-ring (bicyclic) bond motifs is 3. The second kappa shape index (κ2) is 4.84. The number of esters is 1. The first-order chi connectivity index (χ1) is 9.20. The molecule has 3 rings (SSSR count). The molecule has 1 aromatic heterocycles. The number of hydrogen-bond donors (Lipinski definition) is 0. The molecule has 0 fully saturated rings. The molecule has 0 aliphatic carbocycles. The van der Waals surface area contributed by atoms with Crippen LogP contribution in [0.4, 0.5) is 0 Å². The van der Waals surface area contributed by atoms with Crippen LogP contribution in [0.15, 0.2) is 36.4 Å². The molecule has 0 aliphatic heterocycles. The van der Waals surface area contributed by atoms with Gasteiger partial charge in [-0.1, -0.05) is 0 Å². The predicted octanol–water partition coefficient (Wildman–Crippen LogP) is 3.54. The summed E-state index contributed by atoms with van der Waals surface area (Å²) in [5, 5.41) is 2.29. The van der Waals surface area contributed by atoms with Gasteiger partial charge in [-0.3, -0.25) is 0 Å². The second-order valence-corrected chi connectivity index (χ2v) is 6.77. The zero-order chi connectivity index (χ0) is 13.4. The van der Waals surface area contributed by atoms with Crippen molar-refractivity contribution in [1.82, 2.24) is 0 Å². The molecule has 0 N–H and O–H groups in total. The maximum absolute atomic E-state index is 12.1. The Labute approximate surface area is 117 Å². The number of aryl methyl sites for hydroxylation is 1. The first-order valence-corrected chi connectivity index (χ1v) is 8.01. The third-order valence-corrected chi connectivity index (χ3v) is 5.53. The van der Waals surface area contributed by atoms with Gasteiger partial charge in [0, 0.05) is 0 Å². The molecule has 2 aromatic carbocycles. The monoisotopic (exact) mass is 318 g/mol. The Morgan fingerprint density at radius 3 is 2.84 bits per heavy atom. The second-order valence-electron chi connectivity index (χ2n) is 4.50. The van der Waals surface area contributed by atoms with Gasteiger partial charge in [-0.05, 0) is 0 Å². The van der Waals surface area contributed by atoms with Gasteiger partial charge in [0.1, 0.15) is 0 Å². The van der Waals surface area contributed by atoms with Gasteiger partial charge < -0.3 is 0 Å². The quantitative estimate of drug-likeness (QED) is 0.534. The van der Waals surface area contributed by atoms with E-state index in [0.29, 0.717) is 26.7 Å². The SMILES string of the molecule is CCOC(=O)c1cccc2[se]c3ccc(C)cc3c12. The summed E-state index contributed by atoms with van der Waals surface area (Å²) in [7, 11) is 0. The molecule has 0 saturated carbocycles. The van der Waals surface area contributed by atoms with Crippen LogP contribution in [0.2, 0.25) is 0 Å². The van der Waals surface area contributed by atoms with Gasteiger partial charge in [0.25, 0.3) is 0 Å². The zero-order valence-electron chi connectivity index (χ0n) is 10.9. The summed E-state index contributed by atoms with van der Waals surface area (Å²) < 4.78 is 7.79. The van der Waals surface area contributed by atoms with Crippen molar-refractivity contribution in [2.75, 3.05) is 6.61 Å². The molecule has 0 spiro atoms. The Hall–Kier alpha value is -1.57. The Morgan fingerprint density at radius 2 is 2.05 bits per heavy atom. The van der Waals surface area contributed by atoms with Gasteiger partial charge in [-0.15, -0.1) is 0 Å². The fourth-order valence-corrected chi connectivity index (χ4v) is 4.65. The van der Waals surface area contributed by atoms with Gasteiger partial charge in [0.05, 0.1) is 0 Å². The van der Waals surface area contributed by atoms with Crippen molar-refractivity contribution < 1.29 is 9.53 Å². The normalized spacial score (nSPS) is 11.1. The average Bonchev–Trinajstić information content (AvgIpc) is 2.76. The van der Waals surface area contributed by atoms with Crippen molar-refractivity contribution in [2.45, 2.75) is 13.8 Å². The van der Waals surface area contributed by atoms with E-state index < -0.39 is 0 Å². The molecular formula is C16H14O2Se. The van der Waals surface area contributed by atoms with E-state index in [2.05, 4.69) is 31.2 Å². The van der Waals surface area contributed by atoms with Gasteiger partial charge in [0.15, 0.2) is 0 Å².